The monoisotopic (exact) mass is 296 g/mol. The SMILES string of the molecule is C=CCCOC(C)C(=O)N1CCN(C(=O)C(C)(C)C)CC1. The van der Waals surface area contributed by atoms with Gasteiger partial charge in [-0.2, -0.15) is 0 Å². The van der Waals surface area contributed by atoms with Crippen molar-refractivity contribution in [1.82, 2.24) is 9.80 Å². The van der Waals surface area contributed by atoms with Crippen LogP contribution in [0, 0.1) is 5.41 Å². The number of piperazine rings is 1. The normalized spacial score (nSPS) is 17.5. The summed E-state index contributed by atoms with van der Waals surface area (Å²) in [5.41, 5.74) is -0.368. The molecule has 1 aliphatic heterocycles. The van der Waals surface area contributed by atoms with Crippen LogP contribution in [0.5, 0.6) is 0 Å². The Kier molecular flexibility index (Phi) is 6.40. The summed E-state index contributed by atoms with van der Waals surface area (Å²) < 4.78 is 5.48. The molecule has 0 bridgehead atoms. The van der Waals surface area contributed by atoms with Gasteiger partial charge in [0.25, 0.3) is 5.91 Å². The van der Waals surface area contributed by atoms with Gasteiger partial charge in [-0.15, -0.1) is 6.58 Å². The molecule has 1 saturated heterocycles. The van der Waals surface area contributed by atoms with Crippen molar-refractivity contribution in [2.24, 2.45) is 5.41 Å². The van der Waals surface area contributed by atoms with E-state index in [1.54, 1.807) is 17.9 Å². The molecule has 0 aromatic heterocycles. The van der Waals surface area contributed by atoms with Crippen LogP contribution in [0.4, 0.5) is 0 Å². The van der Waals surface area contributed by atoms with E-state index < -0.39 is 6.10 Å². The third-order valence-electron chi connectivity index (χ3n) is 3.56. The molecule has 5 heteroatoms. The summed E-state index contributed by atoms with van der Waals surface area (Å²) in [6.45, 7) is 14.0. The Morgan fingerprint density at radius 1 is 1.19 bits per heavy atom. The first-order chi connectivity index (χ1) is 9.77. The minimum Gasteiger partial charge on any atom is -0.368 e. The van der Waals surface area contributed by atoms with Gasteiger partial charge < -0.3 is 14.5 Å². The molecule has 1 atom stereocenters. The predicted octanol–water partition coefficient (Wildman–Crippen LogP) is 1.68. The summed E-state index contributed by atoms with van der Waals surface area (Å²) in [7, 11) is 0. The summed E-state index contributed by atoms with van der Waals surface area (Å²) in [6, 6.07) is 0. The Morgan fingerprint density at radius 3 is 2.19 bits per heavy atom. The van der Waals surface area contributed by atoms with Crippen LogP contribution in [0.25, 0.3) is 0 Å². The zero-order valence-electron chi connectivity index (χ0n) is 13.7. The molecule has 5 nitrogen and oxygen atoms in total. The summed E-state index contributed by atoms with van der Waals surface area (Å²) in [5.74, 6) is 0.145. The van der Waals surface area contributed by atoms with Crippen molar-refractivity contribution in [1.29, 1.82) is 0 Å². The Labute approximate surface area is 127 Å². The molecule has 1 aliphatic rings. The fourth-order valence-electron chi connectivity index (χ4n) is 2.26. The maximum atomic E-state index is 12.2. The molecule has 1 heterocycles. The summed E-state index contributed by atoms with van der Waals surface area (Å²) in [5, 5.41) is 0. The minimum atomic E-state index is -0.435. The first-order valence-electron chi connectivity index (χ1n) is 7.58. The summed E-state index contributed by atoms with van der Waals surface area (Å²) in [6.07, 6.45) is 2.08. The zero-order chi connectivity index (χ0) is 16.0. The van der Waals surface area contributed by atoms with Crippen LogP contribution in [0.3, 0.4) is 0 Å². The lowest BCUT2D eigenvalue weighted by molar-refractivity contribution is -0.149. The highest BCUT2D eigenvalue weighted by Crippen LogP contribution is 2.18. The number of amides is 2. The fourth-order valence-corrected chi connectivity index (χ4v) is 2.26. The van der Waals surface area contributed by atoms with E-state index in [9.17, 15) is 9.59 Å². The number of nitrogens with zero attached hydrogens (tertiary/aromatic N) is 2. The van der Waals surface area contributed by atoms with Gasteiger partial charge >= 0.3 is 0 Å². The van der Waals surface area contributed by atoms with Crippen LogP contribution in [0.15, 0.2) is 12.7 Å². The van der Waals surface area contributed by atoms with E-state index >= 15 is 0 Å². The molecule has 2 amide bonds. The smallest absolute Gasteiger partial charge is 0.251 e. The van der Waals surface area contributed by atoms with Crippen molar-refractivity contribution in [3.8, 4) is 0 Å². The van der Waals surface area contributed by atoms with Crippen LogP contribution < -0.4 is 0 Å². The van der Waals surface area contributed by atoms with Gasteiger partial charge in [0, 0.05) is 31.6 Å². The molecule has 1 rings (SSSR count). The first kappa shape index (κ1) is 17.7. The molecule has 0 N–H and O–H groups in total. The largest absolute Gasteiger partial charge is 0.368 e. The van der Waals surface area contributed by atoms with Crippen molar-refractivity contribution in [2.75, 3.05) is 32.8 Å². The van der Waals surface area contributed by atoms with E-state index in [1.165, 1.54) is 0 Å². The Balaban J connectivity index is 2.43. The first-order valence-corrected chi connectivity index (χ1v) is 7.58. The molecule has 120 valence electrons. The van der Waals surface area contributed by atoms with Crippen LogP contribution in [-0.2, 0) is 14.3 Å². The molecule has 0 aliphatic carbocycles. The molecule has 0 radical (unpaired) electrons. The van der Waals surface area contributed by atoms with Gasteiger partial charge in [0.05, 0.1) is 6.61 Å². The van der Waals surface area contributed by atoms with E-state index in [0.29, 0.717) is 32.8 Å². The molecule has 0 spiro atoms. The Bertz CT molecular complexity index is 379. The van der Waals surface area contributed by atoms with Gasteiger partial charge in [-0.25, -0.2) is 0 Å². The van der Waals surface area contributed by atoms with Gasteiger partial charge in [0.2, 0.25) is 5.91 Å². The second kappa shape index (κ2) is 7.59. The summed E-state index contributed by atoms with van der Waals surface area (Å²) in [4.78, 5) is 28.1. The molecular weight excluding hydrogens is 268 g/mol. The maximum absolute atomic E-state index is 12.2. The van der Waals surface area contributed by atoms with Gasteiger partial charge in [0.15, 0.2) is 0 Å². The number of hydrogen-bond donors (Lipinski definition) is 0. The number of ether oxygens (including phenoxy) is 1. The third-order valence-corrected chi connectivity index (χ3v) is 3.56. The second-order valence-corrected chi connectivity index (χ2v) is 6.46. The molecule has 0 aromatic rings. The molecule has 0 aromatic carbocycles. The lowest BCUT2D eigenvalue weighted by atomic mass is 9.94. The molecule has 0 saturated carbocycles. The highest BCUT2D eigenvalue weighted by Gasteiger charge is 2.31. The number of hydrogen-bond acceptors (Lipinski definition) is 3. The average Bonchev–Trinajstić information content (AvgIpc) is 2.45. The number of carbonyl (C=O) groups excluding carboxylic acids is 2. The minimum absolute atomic E-state index is 0.00178. The van der Waals surface area contributed by atoms with Crippen LogP contribution in [0.1, 0.15) is 34.1 Å². The fraction of sp³-hybridized carbons (Fsp3) is 0.750. The van der Waals surface area contributed by atoms with E-state index in [0.717, 1.165) is 6.42 Å². The molecule has 21 heavy (non-hydrogen) atoms. The molecule has 1 unspecified atom stereocenters. The zero-order valence-corrected chi connectivity index (χ0v) is 13.7. The maximum Gasteiger partial charge on any atom is 0.251 e. The van der Waals surface area contributed by atoms with Crippen LogP contribution in [-0.4, -0.2) is 60.5 Å². The van der Waals surface area contributed by atoms with Gasteiger partial charge in [-0.05, 0) is 13.3 Å². The van der Waals surface area contributed by atoms with E-state index in [2.05, 4.69) is 6.58 Å². The highest BCUT2D eigenvalue weighted by atomic mass is 16.5. The van der Waals surface area contributed by atoms with Crippen molar-refractivity contribution in [3.63, 3.8) is 0 Å². The number of rotatable bonds is 5. The highest BCUT2D eigenvalue weighted by molar-refractivity contribution is 5.83. The molecular formula is C16H28N2O3. The van der Waals surface area contributed by atoms with Gasteiger partial charge in [0.1, 0.15) is 6.10 Å². The van der Waals surface area contributed by atoms with Crippen molar-refractivity contribution in [2.45, 2.75) is 40.2 Å². The van der Waals surface area contributed by atoms with Gasteiger partial charge in [-0.1, -0.05) is 26.8 Å². The summed E-state index contributed by atoms with van der Waals surface area (Å²) >= 11 is 0. The van der Waals surface area contributed by atoms with E-state index in [-0.39, 0.29) is 17.2 Å². The van der Waals surface area contributed by atoms with E-state index in [1.807, 2.05) is 25.7 Å². The second-order valence-electron chi connectivity index (χ2n) is 6.46. The van der Waals surface area contributed by atoms with Gasteiger partial charge in [-0.3, -0.25) is 9.59 Å². The standard InChI is InChI=1S/C16H28N2O3/c1-6-7-12-21-13(2)14(19)17-8-10-18(11-9-17)15(20)16(3,4)5/h6,13H,1,7-12H2,2-5H3. The van der Waals surface area contributed by atoms with Crippen molar-refractivity contribution in [3.05, 3.63) is 12.7 Å². The van der Waals surface area contributed by atoms with Crippen LogP contribution in [0.2, 0.25) is 0 Å². The Hall–Kier alpha value is -1.36. The number of carbonyl (C=O) groups is 2. The predicted molar refractivity (Wildman–Crippen MR) is 82.8 cm³/mol. The van der Waals surface area contributed by atoms with Crippen LogP contribution >= 0.6 is 0 Å². The topological polar surface area (TPSA) is 49.9 Å². The Morgan fingerprint density at radius 2 is 1.71 bits per heavy atom. The lowest BCUT2D eigenvalue weighted by Gasteiger charge is -2.38. The van der Waals surface area contributed by atoms with Crippen molar-refractivity contribution >= 4 is 11.8 Å². The quantitative estimate of drug-likeness (QED) is 0.573. The molecule has 1 fully saturated rings. The lowest BCUT2D eigenvalue weighted by Crippen LogP contribution is -2.54. The average molecular weight is 296 g/mol. The van der Waals surface area contributed by atoms with E-state index in [4.69, 9.17) is 4.74 Å². The van der Waals surface area contributed by atoms with Crippen molar-refractivity contribution < 1.29 is 14.3 Å². The third kappa shape index (κ3) is 5.16.